The van der Waals surface area contributed by atoms with E-state index in [9.17, 15) is 4.79 Å². The highest BCUT2D eigenvalue weighted by molar-refractivity contribution is 5.80. The van der Waals surface area contributed by atoms with E-state index in [0.717, 1.165) is 18.6 Å². The van der Waals surface area contributed by atoms with Gasteiger partial charge in [0, 0.05) is 6.54 Å². The molecule has 0 aliphatic heterocycles. The maximum Gasteiger partial charge on any atom is 0.261 e. The van der Waals surface area contributed by atoms with E-state index in [1.165, 1.54) is 24.0 Å². The highest BCUT2D eigenvalue weighted by Crippen LogP contribution is 2.30. The highest BCUT2D eigenvalue weighted by atomic mass is 16.5. The van der Waals surface area contributed by atoms with Gasteiger partial charge in [-0.3, -0.25) is 4.79 Å². The number of ether oxygens (including phenoxy) is 1. The minimum absolute atomic E-state index is 0.103. The van der Waals surface area contributed by atoms with Crippen LogP contribution in [-0.2, 0) is 17.6 Å². The quantitative estimate of drug-likeness (QED) is 0.826. The van der Waals surface area contributed by atoms with Gasteiger partial charge >= 0.3 is 0 Å². The molecule has 1 N–H and O–H groups in total. The van der Waals surface area contributed by atoms with E-state index in [-0.39, 0.29) is 5.91 Å². The Bertz CT molecular complexity index is 468. The molecular weight excluding hydrogens is 238 g/mol. The summed E-state index contributed by atoms with van der Waals surface area (Å²) < 4.78 is 5.83. The van der Waals surface area contributed by atoms with Crippen molar-refractivity contribution in [1.82, 2.24) is 5.32 Å². The summed E-state index contributed by atoms with van der Waals surface area (Å²) in [6.07, 6.45) is 5.79. The van der Waals surface area contributed by atoms with Crippen LogP contribution in [0.3, 0.4) is 0 Å². The van der Waals surface area contributed by atoms with E-state index in [1.807, 2.05) is 12.1 Å². The van der Waals surface area contributed by atoms with Crippen LogP contribution in [0, 0.1) is 0 Å². The molecule has 3 heteroatoms. The fourth-order valence-electron chi connectivity index (χ4n) is 2.42. The number of benzene rings is 1. The number of hydrogen-bond acceptors (Lipinski definition) is 2. The number of carbonyl (C=O) groups excluding carboxylic acids is 1. The summed E-state index contributed by atoms with van der Waals surface area (Å²) in [5.41, 5.74) is 2.64. The first kappa shape index (κ1) is 13.7. The number of aryl methyl sites for hydroxylation is 1. The maximum absolute atomic E-state index is 11.8. The normalized spacial score (nSPS) is 15.2. The molecule has 1 amide bonds. The average molecular weight is 259 g/mol. The van der Waals surface area contributed by atoms with Gasteiger partial charge in [0.2, 0.25) is 0 Å². The SMILES string of the molecule is C=CCNC(=O)[C@@H](C)Oc1cccc2c1CCCC2. The standard InChI is InChI=1S/C16H21NO2/c1-3-11-17-16(18)12(2)19-15-10-6-8-13-7-4-5-9-14(13)15/h3,6,8,10,12H,1,4-5,7,9,11H2,2H3,(H,17,18)/t12-/m1/s1. The van der Waals surface area contributed by atoms with Crippen LogP contribution < -0.4 is 10.1 Å². The zero-order chi connectivity index (χ0) is 13.7. The molecule has 1 atom stereocenters. The van der Waals surface area contributed by atoms with Crippen molar-refractivity contribution in [1.29, 1.82) is 0 Å². The van der Waals surface area contributed by atoms with Crippen molar-refractivity contribution in [2.75, 3.05) is 6.54 Å². The van der Waals surface area contributed by atoms with Gasteiger partial charge < -0.3 is 10.1 Å². The Hall–Kier alpha value is -1.77. The third-order valence-corrected chi connectivity index (χ3v) is 3.45. The van der Waals surface area contributed by atoms with E-state index in [2.05, 4.69) is 18.0 Å². The molecule has 0 saturated heterocycles. The first-order chi connectivity index (χ1) is 9.22. The molecule has 3 nitrogen and oxygen atoms in total. The van der Waals surface area contributed by atoms with E-state index >= 15 is 0 Å². The third kappa shape index (κ3) is 3.37. The average Bonchev–Trinajstić information content (AvgIpc) is 2.45. The largest absolute Gasteiger partial charge is 0.481 e. The summed E-state index contributed by atoms with van der Waals surface area (Å²) in [5.74, 6) is 0.756. The van der Waals surface area contributed by atoms with Gasteiger partial charge in [0.15, 0.2) is 6.10 Å². The summed E-state index contributed by atoms with van der Waals surface area (Å²) in [7, 11) is 0. The Morgan fingerprint density at radius 1 is 1.47 bits per heavy atom. The van der Waals surface area contributed by atoms with Crippen LogP contribution in [0.2, 0.25) is 0 Å². The summed E-state index contributed by atoms with van der Waals surface area (Å²) in [6, 6.07) is 6.12. The van der Waals surface area contributed by atoms with E-state index in [4.69, 9.17) is 4.74 Å². The van der Waals surface area contributed by atoms with Gasteiger partial charge in [-0.05, 0) is 49.8 Å². The van der Waals surface area contributed by atoms with Crippen molar-refractivity contribution in [2.24, 2.45) is 0 Å². The summed E-state index contributed by atoms with van der Waals surface area (Å²) in [4.78, 5) is 11.8. The molecular formula is C16H21NO2. The van der Waals surface area contributed by atoms with Gasteiger partial charge in [-0.2, -0.15) is 0 Å². The van der Waals surface area contributed by atoms with Crippen LogP contribution in [0.4, 0.5) is 0 Å². The lowest BCUT2D eigenvalue weighted by Crippen LogP contribution is -2.36. The van der Waals surface area contributed by atoms with Crippen molar-refractivity contribution >= 4 is 5.91 Å². The fraction of sp³-hybridized carbons (Fsp3) is 0.438. The lowest BCUT2D eigenvalue weighted by molar-refractivity contribution is -0.127. The number of fused-ring (bicyclic) bond motifs is 1. The number of nitrogens with one attached hydrogen (secondary N) is 1. The summed E-state index contributed by atoms with van der Waals surface area (Å²) >= 11 is 0. The molecule has 1 aromatic carbocycles. The summed E-state index contributed by atoms with van der Waals surface area (Å²) in [5, 5.41) is 2.75. The molecule has 0 bridgehead atoms. The van der Waals surface area contributed by atoms with Crippen LogP contribution >= 0.6 is 0 Å². The third-order valence-electron chi connectivity index (χ3n) is 3.45. The van der Waals surface area contributed by atoms with Crippen molar-refractivity contribution in [3.05, 3.63) is 42.0 Å². The van der Waals surface area contributed by atoms with Gasteiger partial charge in [-0.1, -0.05) is 18.2 Å². The van der Waals surface area contributed by atoms with Gasteiger partial charge in [-0.15, -0.1) is 6.58 Å². The fourth-order valence-corrected chi connectivity index (χ4v) is 2.42. The second-order valence-electron chi connectivity index (χ2n) is 4.89. The van der Waals surface area contributed by atoms with Gasteiger partial charge in [0.25, 0.3) is 5.91 Å². The second-order valence-corrected chi connectivity index (χ2v) is 4.89. The Labute approximate surface area is 114 Å². The molecule has 0 spiro atoms. The molecule has 19 heavy (non-hydrogen) atoms. The van der Waals surface area contributed by atoms with Crippen LogP contribution in [0.15, 0.2) is 30.9 Å². The molecule has 1 aliphatic rings. The second kappa shape index (κ2) is 6.41. The van der Waals surface area contributed by atoms with Crippen molar-refractivity contribution in [3.8, 4) is 5.75 Å². The lowest BCUT2D eigenvalue weighted by atomic mass is 9.91. The molecule has 0 unspecified atom stereocenters. The van der Waals surface area contributed by atoms with E-state index < -0.39 is 6.10 Å². The minimum Gasteiger partial charge on any atom is -0.481 e. The van der Waals surface area contributed by atoms with Crippen LogP contribution in [-0.4, -0.2) is 18.6 Å². The van der Waals surface area contributed by atoms with Gasteiger partial charge in [-0.25, -0.2) is 0 Å². The molecule has 0 heterocycles. The van der Waals surface area contributed by atoms with Crippen molar-refractivity contribution in [2.45, 2.75) is 38.7 Å². The summed E-state index contributed by atoms with van der Waals surface area (Å²) in [6.45, 7) is 5.83. The Morgan fingerprint density at radius 3 is 3.05 bits per heavy atom. The monoisotopic (exact) mass is 259 g/mol. The molecule has 0 radical (unpaired) electrons. The zero-order valence-electron chi connectivity index (χ0n) is 11.4. The zero-order valence-corrected chi connectivity index (χ0v) is 11.4. The van der Waals surface area contributed by atoms with Gasteiger partial charge in [0.05, 0.1) is 0 Å². The van der Waals surface area contributed by atoms with Crippen molar-refractivity contribution in [3.63, 3.8) is 0 Å². The number of rotatable bonds is 5. The van der Waals surface area contributed by atoms with Crippen LogP contribution in [0.5, 0.6) is 5.75 Å². The molecule has 1 aliphatic carbocycles. The topological polar surface area (TPSA) is 38.3 Å². The van der Waals surface area contributed by atoms with Crippen LogP contribution in [0.1, 0.15) is 30.9 Å². The first-order valence-electron chi connectivity index (χ1n) is 6.88. The smallest absolute Gasteiger partial charge is 0.261 e. The minimum atomic E-state index is -0.478. The molecule has 0 aromatic heterocycles. The molecule has 1 aromatic rings. The Kier molecular flexibility index (Phi) is 4.61. The van der Waals surface area contributed by atoms with Crippen LogP contribution in [0.25, 0.3) is 0 Å². The molecule has 0 fully saturated rings. The Balaban J connectivity index is 2.06. The molecule has 2 rings (SSSR count). The van der Waals surface area contributed by atoms with E-state index in [1.54, 1.807) is 13.0 Å². The van der Waals surface area contributed by atoms with Gasteiger partial charge in [0.1, 0.15) is 5.75 Å². The predicted octanol–water partition coefficient (Wildman–Crippen LogP) is 2.63. The first-order valence-corrected chi connectivity index (χ1v) is 6.88. The predicted molar refractivity (Wildman–Crippen MR) is 76.4 cm³/mol. The van der Waals surface area contributed by atoms with E-state index in [0.29, 0.717) is 6.54 Å². The maximum atomic E-state index is 11.8. The molecule has 102 valence electrons. The lowest BCUT2D eigenvalue weighted by Gasteiger charge is -2.21. The number of amides is 1. The highest BCUT2D eigenvalue weighted by Gasteiger charge is 2.18. The van der Waals surface area contributed by atoms with Crippen molar-refractivity contribution < 1.29 is 9.53 Å². The number of carbonyl (C=O) groups is 1. The number of hydrogen-bond donors (Lipinski definition) is 1. The molecule has 0 saturated carbocycles. The Morgan fingerprint density at radius 2 is 2.26 bits per heavy atom.